The number of benzene rings is 5. The van der Waals surface area contributed by atoms with Gasteiger partial charge in [-0.05, 0) is 113 Å². The van der Waals surface area contributed by atoms with E-state index in [2.05, 4.69) is 90.3 Å². The van der Waals surface area contributed by atoms with Crippen LogP contribution < -0.4 is 19.1 Å². The Hall–Kier alpha value is -5.27. The molecule has 7 heteroatoms. The molecule has 0 aromatic heterocycles. The average Bonchev–Trinajstić information content (AvgIpc) is 3.80. The molecule has 5 aromatic carbocycles. The van der Waals surface area contributed by atoms with Gasteiger partial charge in [-0.3, -0.25) is 0 Å². The van der Waals surface area contributed by atoms with Crippen molar-refractivity contribution in [3.63, 3.8) is 0 Å². The Morgan fingerprint density at radius 2 is 1.56 bits per heavy atom. The molecule has 5 aromatic rings. The van der Waals surface area contributed by atoms with Gasteiger partial charge < -0.3 is 28.6 Å². The Morgan fingerprint density at radius 1 is 0.860 bits per heavy atom. The Morgan fingerprint density at radius 3 is 2.28 bits per heavy atom. The molecule has 0 bridgehead atoms. The summed E-state index contributed by atoms with van der Waals surface area (Å²) in [5.41, 5.74) is 9.85. The second-order valence-electron chi connectivity index (χ2n) is 16.6. The summed E-state index contributed by atoms with van der Waals surface area (Å²) in [4.78, 5) is 14.0. The van der Waals surface area contributed by atoms with Crippen LogP contribution in [0.1, 0.15) is 72.8 Å². The number of morpholine rings is 1. The molecule has 3 atom stereocenters. The number of hydrogen-bond acceptors (Lipinski definition) is 7. The van der Waals surface area contributed by atoms with Gasteiger partial charge in [-0.1, -0.05) is 80.8 Å². The van der Waals surface area contributed by atoms with Gasteiger partial charge in [-0.25, -0.2) is 4.79 Å². The summed E-state index contributed by atoms with van der Waals surface area (Å²) < 4.78 is 30.5. The summed E-state index contributed by atoms with van der Waals surface area (Å²) in [6.07, 6.45) is 10.7. The minimum Gasteiger partial charge on any atom is -0.497 e. The number of ether oxygens (including phenoxy) is 5. The zero-order valence-electron chi connectivity index (χ0n) is 32.9. The first-order chi connectivity index (χ1) is 28.0. The summed E-state index contributed by atoms with van der Waals surface area (Å²) in [7, 11) is 1.75. The van der Waals surface area contributed by atoms with E-state index in [1.54, 1.807) is 7.11 Å². The molecule has 3 unspecified atom stereocenters. The number of carbonyl (C=O) groups excluding carboxylic acids is 1. The summed E-state index contributed by atoms with van der Waals surface area (Å²) >= 11 is 0. The number of methoxy groups -OCH3 is 1. The molecule has 10 rings (SSSR count). The van der Waals surface area contributed by atoms with Crippen LogP contribution in [0.3, 0.4) is 0 Å². The molecular weight excluding hydrogens is 711 g/mol. The van der Waals surface area contributed by atoms with E-state index in [0.717, 1.165) is 85.1 Å². The molecule has 0 amide bonds. The molecule has 1 spiro atoms. The number of rotatable bonds is 9. The van der Waals surface area contributed by atoms with Crippen LogP contribution in [0.25, 0.3) is 21.9 Å². The van der Waals surface area contributed by atoms with E-state index in [1.165, 1.54) is 77.4 Å². The van der Waals surface area contributed by atoms with Crippen LogP contribution in [-0.4, -0.2) is 52.6 Å². The van der Waals surface area contributed by atoms with Crippen LogP contribution >= 0.6 is 0 Å². The van der Waals surface area contributed by atoms with Crippen molar-refractivity contribution in [2.24, 2.45) is 11.8 Å². The first-order valence-corrected chi connectivity index (χ1v) is 20.9. The van der Waals surface area contributed by atoms with Crippen molar-refractivity contribution in [3.8, 4) is 28.4 Å². The Balaban J connectivity index is 1.12. The van der Waals surface area contributed by atoms with Crippen molar-refractivity contribution in [1.82, 2.24) is 0 Å². The highest BCUT2D eigenvalue weighted by molar-refractivity contribution is 6.07. The number of nitrogens with zero attached hydrogens (tertiary/aromatic N) is 1. The molecule has 57 heavy (non-hydrogen) atoms. The molecule has 2 aliphatic heterocycles. The van der Waals surface area contributed by atoms with Crippen LogP contribution in [0.2, 0.25) is 0 Å². The van der Waals surface area contributed by atoms with Gasteiger partial charge in [0, 0.05) is 46.8 Å². The molecular formula is C50H51NO6. The zero-order chi connectivity index (χ0) is 38.6. The van der Waals surface area contributed by atoms with Crippen LogP contribution in [0.15, 0.2) is 104 Å². The van der Waals surface area contributed by atoms with Crippen molar-refractivity contribution in [3.05, 3.63) is 131 Å². The second-order valence-corrected chi connectivity index (χ2v) is 16.6. The van der Waals surface area contributed by atoms with Gasteiger partial charge in [-0.15, -0.1) is 0 Å². The highest BCUT2D eigenvalue weighted by Crippen LogP contribution is 2.66. The first-order valence-electron chi connectivity index (χ1n) is 20.9. The van der Waals surface area contributed by atoms with E-state index in [-0.39, 0.29) is 18.6 Å². The fourth-order valence-corrected chi connectivity index (χ4v) is 11.3. The maximum Gasteiger partial charge on any atom is 0.330 e. The predicted octanol–water partition coefficient (Wildman–Crippen LogP) is 9.93. The quantitative estimate of drug-likeness (QED) is 0.0842. The second kappa shape index (κ2) is 14.6. The van der Waals surface area contributed by atoms with E-state index in [4.69, 9.17) is 23.7 Å². The minimum absolute atomic E-state index is 0.00798. The SMILES string of the molecule is C=CC(=O)OCCOc1ccc(C2(c3ccc(N4CCOCC4)cc3)CCc3c4c(c5ccc(OC)cc5c3O2)-c2ccccc2C42CC3CCCCC3C2)cc1. The monoisotopic (exact) mass is 761 g/mol. The van der Waals surface area contributed by atoms with E-state index in [0.29, 0.717) is 5.75 Å². The van der Waals surface area contributed by atoms with E-state index in [1.807, 2.05) is 12.1 Å². The van der Waals surface area contributed by atoms with E-state index in [9.17, 15) is 4.79 Å². The van der Waals surface area contributed by atoms with Crippen molar-refractivity contribution in [2.45, 2.75) is 62.4 Å². The molecule has 2 heterocycles. The van der Waals surface area contributed by atoms with Gasteiger partial charge in [0.05, 0.1) is 20.3 Å². The van der Waals surface area contributed by atoms with Crippen LogP contribution in [0, 0.1) is 11.8 Å². The normalized spacial score (nSPS) is 24.5. The fraction of sp³-hybridized carbons (Fsp3) is 0.380. The molecule has 3 fully saturated rings. The molecule has 1 saturated heterocycles. The number of hydrogen-bond donors (Lipinski definition) is 0. The topological polar surface area (TPSA) is 66.5 Å². The summed E-state index contributed by atoms with van der Waals surface area (Å²) in [6, 6.07) is 33.2. The van der Waals surface area contributed by atoms with Gasteiger partial charge in [0.2, 0.25) is 0 Å². The first kappa shape index (κ1) is 36.1. The average molecular weight is 762 g/mol. The largest absolute Gasteiger partial charge is 0.497 e. The minimum atomic E-state index is -0.763. The summed E-state index contributed by atoms with van der Waals surface area (Å²) in [5.74, 6) is 3.59. The lowest BCUT2D eigenvalue weighted by Crippen LogP contribution is -2.39. The van der Waals surface area contributed by atoms with E-state index >= 15 is 0 Å². The molecule has 292 valence electrons. The van der Waals surface area contributed by atoms with Gasteiger partial charge in [0.25, 0.3) is 0 Å². The molecule has 3 aliphatic carbocycles. The number of fused-ring (bicyclic) bond motifs is 11. The third-order valence-electron chi connectivity index (χ3n) is 13.8. The molecule has 7 nitrogen and oxygen atoms in total. The maximum absolute atomic E-state index is 11.6. The maximum atomic E-state index is 11.6. The standard InChI is InChI=1S/C50H51NO6/c1-3-45(52)56-29-28-55-38-18-14-36(15-19-38)50(35-12-16-37(17-13-35)51-24-26-54-27-25-51)23-22-42-47-46(40-21-20-39(53-2)30-43(40)48(42)57-50)41-10-6-7-11-44(41)49(47)31-33-8-4-5-9-34(33)32-49/h3,6-7,10-21,30,33-34H,1,4-5,8-9,22-29,31-32H2,2H3. The van der Waals surface area contributed by atoms with Crippen molar-refractivity contribution < 1.29 is 28.5 Å². The Bertz CT molecular complexity index is 2310. The highest BCUT2D eigenvalue weighted by atomic mass is 16.6. The third kappa shape index (κ3) is 6.00. The van der Waals surface area contributed by atoms with Crippen LogP contribution in [-0.2, 0) is 31.7 Å². The molecule has 2 saturated carbocycles. The highest BCUT2D eigenvalue weighted by Gasteiger charge is 2.55. The van der Waals surface area contributed by atoms with Crippen molar-refractivity contribution >= 4 is 22.4 Å². The predicted molar refractivity (Wildman–Crippen MR) is 224 cm³/mol. The Kier molecular flexibility index (Phi) is 9.24. The van der Waals surface area contributed by atoms with Crippen molar-refractivity contribution in [1.29, 1.82) is 0 Å². The number of esters is 1. The fourth-order valence-electron chi connectivity index (χ4n) is 11.3. The smallest absolute Gasteiger partial charge is 0.330 e. The summed E-state index contributed by atoms with van der Waals surface area (Å²) in [5, 5.41) is 2.34. The van der Waals surface area contributed by atoms with Gasteiger partial charge in [0.15, 0.2) is 5.60 Å². The third-order valence-corrected chi connectivity index (χ3v) is 13.8. The van der Waals surface area contributed by atoms with Gasteiger partial charge >= 0.3 is 5.97 Å². The zero-order valence-corrected chi connectivity index (χ0v) is 32.9. The molecule has 5 aliphatic rings. The lowest BCUT2D eigenvalue weighted by Gasteiger charge is -2.42. The summed E-state index contributed by atoms with van der Waals surface area (Å²) in [6.45, 7) is 7.12. The molecule has 0 radical (unpaired) electrons. The number of carbonyl (C=O) groups is 1. The number of anilines is 1. The lowest BCUT2D eigenvalue weighted by atomic mass is 9.70. The Labute approximate surface area is 335 Å². The van der Waals surface area contributed by atoms with Crippen LogP contribution in [0.4, 0.5) is 5.69 Å². The molecule has 0 N–H and O–H groups in total. The lowest BCUT2D eigenvalue weighted by molar-refractivity contribution is -0.138. The van der Waals surface area contributed by atoms with Crippen LogP contribution in [0.5, 0.6) is 17.2 Å². The van der Waals surface area contributed by atoms with Crippen molar-refractivity contribution in [2.75, 3.05) is 51.5 Å². The van der Waals surface area contributed by atoms with Gasteiger partial charge in [-0.2, -0.15) is 0 Å². The van der Waals surface area contributed by atoms with Gasteiger partial charge in [0.1, 0.15) is 30.5 Å². The van der Waals surface area contributed by atoms with E-state index < -0.39 is 11.6 Å².